The van der Waals surface area contributed by atoms with E-state index in [0.29, 0.717) is 0 Å². The highest BCUT2D eigenvalue weighted by Crippen LogP contribution is 2.30. The summed E-state index contributed by atoms with van der Waals surface area (Å²) in [5.74, 6) is -0.886. The summed E-state index contributed by atoms with van der Waals surface area (Å²) in [6, 6.07) is 8.62. The number of hydrogen-bond acceptors (Lipinski definition) is 5. The van der Waals surface area contributed by atoms with Crippen LogP contribution in [0, 0.1) is 0 Å². The highest BCUT2D eigenvalue weighted by molar-refractivity contribution is 7.92. The fraction of sp³-hybridized carbons (Fsp3) is 0.250. The molecule has 7 nitrogen and oxygen atoms in total. The van der Waals surface area contributed by atoms with E-state index in [2.05, 4.69) is 14.2 Å². The minimum atomic E-state index is -5.06. The molecule has 28 heavy (non-hydrogen) atoms. The molecule has 0 radical (unpaired) electrons. The summed E-state index contributed by atoms with van der Waals surface area (Å²) in [4.78, 5) is -0.810. The molecule has 2 aromatic carbocycles. The standard InChI is InChI=1S/C16H17F3N2O5S2/c1-11(2)20-27(22,23)13-9-7-12(8-10-13)21-28(24,25)15-6-4-3-5-14(15)26-16(17,18)19/h3-11,20-21H,1-2H3. The Kier molecular flexibility index (Phi) is 6.26. The molecule has 0 heterocycles. The van der Waals surface area contributed by atoms with Gasteiger partial charge in [0, 0.05) is 11.7 Å². The third-order valence-electron chi connectivity index (χ3n) is 3.17. The van der Waals surface area contributed by atoms with Crippen LogP contribution in [0.3, 0.4) is 0 Å². The number of para-hydroxylation sites is 1. The van der Waals surface area contributed by atoms with Crippen LogP contribution >= 0.6 is 0 Å². The van der Waals surface area contributed by atoms with Crippen molar-refractivity contribution >= 4 is 25.7 Å². The zero-order chi connectivity index (χ0) is 21.2. The van der Waals surface area contributed by atoms with E-state index in [1.54, 1.807) is 13.8 Å². The van der Waals surface area contributed by atoms with Crippen LogP contribution < -0.4 is 14.2 Å². The first-order valence-corrected chi connectivity index (χ1v) is 10.8. The second-order valence-corrected chi connectivity index (χ2v) is 9.27. The maximum absolute atomic E-state index is 12.5. The van der Waals surface area contributed by atoms with Crippen LogP contribution in [0.1, 0.15) is 13.8 Å². The molecule has 0 aromatic heterocycles. The number of anilines is 1. The van der Waals surface area contributed by atoms with Crippen LogP contribution in [-0.4, -0.2) is 29.2 Å². The molecule has 2 N–H and O–H groups in total. The van der Waals surface area contributed by atoms with Gasteiger partial charge in [-0.2, -0.15) is 0 Å². The van der Waals surface area contributed by atoms with Gasteiger partial charge in [0.2, 0.25) is 10.0 Å². The third-order valence-corrected chi connectivity index (χ3v) is 6.27. The fourth-order valence-electron chi connectivity index (χ4n) is 2.17. The first-order valence-electron chi connectivity index (χ1n) is 7.80. The number of alkyl halides is 3. The van der Waals surface area contributed by atoms with E-state index in [1.165, 1.54) is 36.4 Å². The molecule has 0 bridgehead atoms. The van der Waals surface area contributed by atoms with Crippen LogP contribution in [-0.2, 0) is 20.0 Å². The van der Waals surface area contributed by atoms with E-state index < -0.39 is 37.1 Å². The second kappa shape index (κ2) is 7.97. The molecule has 12 heteroatoms. The molecule has 0 amide bonds. The summed E-state index contributed by atoms with van der Waals surface area (Å²) < 4.78 is 94.7. The summed E-state index contributed by atoms with van der Waals surface area (Å²) in [5, 5.41) is 0. The predicted molar refractivity (Wildman–Crippen MR) is 95.8 cm³/mol. The predicted octanol–water partition coefficient (Wildman–Crippen LogP) is 3.07. The van der Waals surface area contributed by atoms with Crippen molar-refractivity contribution in [3.8, 4) is 5.75 Å². The summed E-state index contributed by atoms with van der Waals surface area (Å²) in [6.45, 7) is 3.28. The van der Waals surface area contributed by atoms with Gasteiger partial charge < -0.3 is 4.74 Å². The van der Waals surface area contributed by atoms with Crippen molar-refractivity contribution in [2.75, 3.05) is 4.72 Å². The maximum atomic E-state index is 12.5. The minimum Gasteiger partial charge on any atom is -0.404 e. The summed E-state index contributed by atoms with van der Waals surface area (Å²) >= 11 is 0. The number of halogens is 3. The quantitative estimate of drug-likeness (QED) is 0.692. The average Bonchev–Trinajstić information content (AvgIpc) is 2.52. The SMILES string of the molecule is CC(C)NS(=O)(=O)c1ccc(NS(=O)(=O)c2ccccc2OC(F)(F)F)cc1. The van der Waals surface area contributed by atoms with E-state index in [9.17, 15) is 30.0 Å². The molecule has 0 saturated carbocycles. The van der Waals surface area contributed by atoms with Crippen molar-refractivity contribution in [1.82, 2.24) is 4.72 Å². The topological polar surface area (TPSA) is 102 Å². The van der Waals surface area contributed by atoms with Gasteiger partial charge in [-0.05, 0) is 50.2 Å². The lowest BCUT2D eigenvalue weighted by molar-refractivity contribution is -0.275. The highest BCUT2D eigenvalue weighted by atomic mass is 32.2. The number of benzene rings is 2. The van der Waals surface area contributed by atoms with Crippen molar-refractivity contribution in [1.29, 1.82) is 0 Å². The Bertz CT molecular complexity index is 1030. The number of rotatable bonds is 7. The van der Waals surface area contributed by atoms with Gasteiger partial charge in [0.15, 0.2) is 0 Å². The largest absolute Gasteiger partial charge is 0.573 e. The molecule has 0 fully saturated rings. The average molecular weight is 438 g/mol. The van der Waals surface area contributed by atoms with Crippen LogP contribution in [0.2, 0.25) is 0 Å². The zero-order valence-corrected chi connectivity index (χ0v) is 16.3. The van der Waals surface area contributed by atoms with E-state index in [-0.39, 0.29) is 16.6 Å². The van der Waals surface area contributed by atoms with Crippen LogP contribution in [0.5, 0.6) is 5.75 Å². The molecular formula is C16H17F3N2O5S2. The van der Waals surface area contributed by atoms with Crippen LogP contribution in [0.4, 0.5) is 18.9 Å². The Morgan fingerprint density at radius 1 is 0.893 bits per heavy atom. The van der Waals surface area contributed by atoms with Gasteiger partial charge in [-0.3, -0.25) is 4.72 Å². The van der Waals surface area contributed by atoms with Crippen LogP contribution in [0.25, 0.3) is 0 Å². The van der Waals surface area contributed by atoms with E-state index >= 15 is 0 Å². The van der Waals surface area contributed by atoms with Crippen molar-refractivity contribution in [3.63, 3.8) is 0 Å². The Morgan fingerprint density at radius 3 is 2.00 bits per heavy atom. The smallest absolute Gasteiger partial charge is 0.404 e. The van der Waals surface area contributed by atoms with Gasteiger partial charge in [0.1, 0.15) is 10.6 Å². The first-order chi connectivity index (χ1) is 12.8. The third kappa shape index (κ3) is 5.84. The molecule has 2 aromatic rings. The lowest BCUT2D eigenvalue weighted by Crippen LogP contribution is -2.30. The Balaban J connectivity index is 2.29. The van der Waals surface area contributed by atoms with Gasteiger partial charge in [-0.1, -0.05) is 12.1 Å². The molecule has 0 saturated heterocycles. The number of ether oxygens (including phenoxy) is 1. The molecular weight excluding hydrogens is 421 g/mol. The van der Waals surface area contributed by atoms with Gasteiger partial charge in [0.05, 0.1) is 4.90 Å². The lowest BCUT2D eigenvalue weighted by atomic mass is 10.3. The monoisotopic (exact) mass is 438 g/mol. The maximum Gasteiger partial charge on any atom is 0.573 e. The molecule has 0 atom stereocenters. The second-order valence-electron chi connectivity index (χ2n) is 5.90. The van der Waals surface area contributed by atoms with E-state index in [1.807, 2.05) is 0 Å². The van der Waals surface area contributed by atoms with Gasteiger partial charge in [-0.25, -0.2) is 21.6 Å². The number of nitrogens with one attached hydrogen (secondary N) is 2. The lowest BCUT2D eigenvalue weighted by Gasteiger charge is -2.15. The van der Waals surface area contributed by atoms with Crippen molar-refractivity contribution in [2.24, 2.45) is 0 Å². The van der Waals surface area contributed by atoms with E-state index in [0.717, 1.165) is 12.1 Å². The summed E-state index contributed by atoms with van der Waals surface area (Å²) in [5.41, 5.74) is -0.0368. The van der Waals surface area contributed by atoms with Crippen molar-refractivity contribution in [3.05, 3.63) is 48.5 Å². The molecule has 0 unspecified atom stereocenters. The molecule has 0 aliphatic rings. The van der Waals surface area contributed by atoms with Gasteiger partial charge in [-0.15, -0.1) is 13.2 Å². The van der Waals surface area contributed by atoms with Gasteiger partial charge >= 0.3 is 6.36 Å². The Morgan fingerprint density at radius 2 is 1.46 bits per heavy atom. The van der Waals surface area contributed by atoms with Crippen molar-refractivity contribution < 1.29 is 34.7 Å². The summed E-state index contributed by atoms with van der Waals surface area (Å²) in [7, 11) is -8.20. The Hall–Kier alpha value is -2.31. The molecule has 0 aliphatic carbocycles. The number of hydrogen-bond donors (Lipinski definition) is 2. The number of sulfonamides is 2. The minimum absolute atomic E-state index is 0.0368. The fourth-order valence-corrected chi connectivity index (χ4v) is 4.61. The highest BCUT2D eigenvalue weighted by Gasteiger charge is 2.34. The van der Waals surface area contributed by atoms with Crippen LogP contribution in [0.15, 0.2) is 58.3 Å². The molecule has 154 valence electrons. The first kappa shape index (κ1) is 22.0. The zero-order valence-electron chi connectivity index (χ0n) is 14.7. The molecule has 2 rings (SSSR count). The summed E-state index contributed by atoms with van der Waals surface area (Å²) in [6.07, 6.45) is -5.06. The molecule has 0 aliphatic heterocycles. The van der Waals surface area contributed by atoms with Gasteiger partial charge in [0.25, 0.3) is 10.0 Å². The van der Waals surface area contributed by atoms with E-state index in [4.69, 9.17) is 0 Å². The normalized spacial score (nSPS) is 12.8. The van der Waals surface area contributed by atoms with Crippen molar-refractivity contribution in [2.45, 2.75) is 36.0 Å². The molecule has 0 spiro atoms. The Labute approximate surface area is 160 Å².